The summed E-state index contributed by atoms with van der Waals surface area (Å²) in [7, 11) is 1.97. The first-order chi connectivity index (χ1) is 8.29. The van der Waals surface area contributed by atoms with Gasteiger partial charge in [0, 0.05) is 24.4 Å². The SMILES string of the molecule is CNCC1CCN(C(=O)CCc2cccs2)C1. The summed E-state index contributed by atoms with van der Waals surface area (Å²) in [4.78, 5) is 15.3. The Morgan fingerprint density at radius 3 is 3.24 bits per heavy atom. The molecular formula is C13H20N2OS. The third kappa shape index (κ3) is 3.54. The first-order valence-electron chi connectivity index (χ1n) is 6.24. The van der Waals surface area contributed by atoms with Crippen molar-refractivity contribution >= 4 is 17.2 Å². The van der Waals surface area contributed by atoms with E-state index in [9.17, 15) is 4.79 Å². The lowest BCUT2D eigenvalue weighted by atomic mass is 10.1. The monoisotopic (exact) mass is 252 g/mol. The average molecular weight is 252 g/mol. The minimum absolute atomic E-state index is 0.317. The average Bonchev–Trinajstić information content (AvgIpc) is 2.97. The van der Waals surface area contributed by atoms with Gasteiger partial charge in [-0.1, -0.05) is 6.07 Å². The van der Waals surface area contributed by atoms with Crippen LogP contribution in [0, 0.1) is 5.92 Å². The van der Waals surface area contributed by atoms with Crippen LogP contribution in [0.25, 0.3) is 0 Å². The maximum Gasteiger partial charge on any atom is 0.222 e. The minimum Gasteiger partial charge on any atom is -0.342 e. The van der Waals surface area contributed by atoms with Crippen LogP contribution in [0.15, 0.2) is 17.5 Å². The summed E-state index contributed by atoms with van der Waals surface area (Å²) < 4.78 is 0. The van der Waals surface area contributed by atoms with Gasteiger partial charge in [0.25, 0.3) is 0 Å². The van der Waals surface area contributed by atoms with Crippen molar-refractivity contribution in [1.82, 2.24) is 10.2 Å². The zero-order chi connectivity index (χ0) is 12.1. The van der Waals surface area contributed by atoms with Crippen LogP contribution in [0.3, 0.4) is 0 Å². The molecule has 3 nitrogen and oxygen atoms in total. The standard InChI is InChI=1S/C13H20N2OS/c1-14-9-11-6-7-15(10-11)13(16)5-4-12-3-2-8-17-12/h2-3,8,11,14H,4-7,9-10H2,1H3. The molecule has 0 saturated carbocycles. The van der Waals surface area contributed by atoms with Crippen molar-refractivity contribution in [3.63, 3.8) is 0 Å². The van der Waals surface area contributed by atoms with Gasteiger partial charge in [0.2, 0.25) is 5.91 Å². The van der Waals surface area contributed by atoms with Gasteiger partial charge < -0.3 is 10.2 Å². The van der Waals surface area contributed by atoms with Crippen LogP contribution in [0.4, 0.5) is 0 Å². The Labute approximate surface area is 107 Å². The fraction of sp³-hybridized carbons (Fsp3) is 0.615. The molecule has 1 atom stereocenters. The molecule has 1 aromatic heterocycles. The molecule has 0 aliphatic carbocycles. The normalized spacial score (nSPS) is 19.8. The number of hydrogen-bond donors (Lipinski definition) is 1. The van der Waals surface area contributed by atoms with Gasteiger partial charge in [-0.2, -0.15) is 0 Å². The molecule has 2 heterocycles. The Hall–Kier alpha value is -0.870. The van der Waals surface area contributed by atoms with E-state index in [0.29, 0.717) is 18.2 Å². The smallest absolute Gasteiger partial charge is 0.222 e. The summed E-state index contributed by atoms with van der Waals surface area (Å²) in [5.74, 6) is 0.961. The molecule has 0 bridgehead atoms. The number of amides is 1. The van der Waals surface area contributed by atoms with Gasteiger partial charge in [0.15, 0.2) is 0 Å². The molecule has 0 aromatic carbocycles. The van der Waals surface area contributed by atoms with Crippen LogP contribution < -0.4 is 5.32 Å². The molecule has 2 rings (SSSR count). The molecule has 1 aromatic rings. The summed E-state index contributed by atoms with van der Waals surface area (Å²) in [6.07, 6.45) is 2.70. The van der Waals surface area contributed by atoms with Gasteiger partial charge in [-0.15, -0.1) is 11.3 Å². The number of rotatable bonds is 5. The molecule has 17 heavy (non-hydrogen) atoms. The van der Waals surface area contributed by atoms with Crippen molar-refractivity contribution in [1.29, 1.82) is 0 Å². The van der Waals surface area contributed by atoms with Gasteiger partial charge in [0.1, 0.15) is 0 Å². The van der Waals surface area contributed by atoms with E-state index in [1.165, 1.54) is 4.88 Å². The highest BCUT2D eigenvalue weighted by Crippen LogP contribution is 2.18. The molecule has 1 unspecified atom stereocenters. The molecule has 1 aliphatic heterocycles. The summed E-state index contributed by atoms with van der Waals surface area (Å²) in [6.45, 7) is 2.90. The number of thiophene rings is 1. The summed E-state index contributed by atoms with van der Waals surface area (Å²) >= 11 is 1.74. The highest BCUT2D eigenvalue weighted by Gasteiger charge is 2.25. The molecular weight excluding hydrogens is 232 g/mol. The van der Waals surface area contributed by atoms with E-state index in [2.05, 4.69) is 16.8 Å². The molecule has 1 N–H and O–H groups in total. The Kier molecular flexibility index (Phi) is 4.57. The predicted molar refractivity (Wildman–Crippen MR) is 71.3 cm³/mol. The van der Waals surface area contributed by atoms with Crippen LogP contribution in [-0.4, -0.2) is 37.5 Å². The lowest BCUT2D eigenvalue weighted by Crippen LogP contribution is -2.30. The number of likely N-dealkylation sites (tertiary alicyclic amines) is 1. The second-order valence-electron chi connectivity index (χ2n) is 4.63. The quantitative estimate of drug-likeness (QED) is 0.866. The topological polar surface area (TPSA) is 32.3 Å². The zero-order valence-corrected chi connectivity index (χ0v) is 11.1. The van der Waals surface area contributed by atoms with Crippen LogP contribution >= 0.6 is 11.3 Å². The van der Waals surface area contributed by atoms with E-state index in [-0.39, 0.29) is 0 Å². The molecule has 1 aliphatic rings. The predicted octanol–water partition coefficient (Wildman–Crippen LogP) is 1.75. The highest BCUT2D eigenvalue weighted by atomic mass is 32.1. The minimum atomic E-state index is 0.317. The maximum atomic E-state index is 12.0. The molecule has 1 amide bonds. The summed E-state index contributed by atoms with van der Waals surface area (Å²) in [6, 6.07) is 4.15. The van der Waals surface area contributed by atoms with Crippen molar-refractivity contribution in [2.24, 2.45) is 5.92 Å². The Bertz CT molecular complexity index is 350. The van der Waals surface area contributed by atoms with Crippen molar-refractivity contribution in [2.45, 2.75) is 19.3 Å². The van der Waals surface area contributed by atoms with E-state index in [1.807, 2.05) is 18.0 Å². The van der Waals surface area contributed by atoms with Gasteiger partial charge in [0.05, 0.1) is 0 Å². The molecule has 0 radical (unpaired) electrons. The molecule has 0 spiro atoms. The van der Waals surface area contributed by atoms with Crippen LogP contribution in [0.1, 0.15) is 17.7 Å². The number of nitrogens with one attached hydrogen (secondary N) is 1. The number of nitrogens with zero attached hydrogens (tertiary/aromatic N) is 1. The Morgan fingerprint density at radius 1 is 1.65 bits per heavy atom. The number of carbonyl (C=O) groups is 1. The first kappa shape index (κ1) is 12.6. The second-order valence-corrected chi connectivity index (χ2v) is 5.66. The lowest BCUT2D eigenvalue weighted by Gasteiger charge is -2.16. The Balaban J connectivity index is 1.73. The summed E-state index contributed by atoms with van der Waals surface area (Å²) in [5, 5.41) is 5.26. The van der Waals surface area contributed by atoms with Crippen molar-refractivity contribution in [3.8, 4) is 0 Å². The van der Waals surface area contributed by atoms with Crippen LogP contribution in [-0.2, 0) is 11.2 Å². The van der Waals surface area contributed by atoms with E-state index >= 15 is 0 Å². The first-order valence-corrected chi connectivity index (χ1v) is 7.12. The second kappa shape index (κ2) is 6.17. The van der Waals surface area contributed by atoms with E-state index in [1.54, 1.807) is 11.3 Å². The third-order valence-electron chi connectivity index (χ3n) is 3.30. The van der Waals surface area contributed by atoms with Gasteiger partial charge >= 0.3 is 0 Å². The van der Waals surface area contributed by atoms with Crippen LogP contribution in [0.5, 0.6) is 0 Å². The van der Waals surface area contributed by atoms with Crippen LogP contribution in [0.2, 0.25) is 0 Å². The van der Waals surface area contributed by atoms with Gasteiger partial charge in [-0.05, 0) is 43.8 Å². The molecule has 1 saturated heterocycles. The zero-order valence-electron chi connectivity index (χ0n) is 10.3. The third-order valence-corrected chi connectivity index (χ3v) is 4.23. The lowest BCUT2D eigenvalue weighted by molar-refractivity contribution is -0.130. The summed E-state index contributed by atoms with van der Waals surface area (Å²) in [5.41, 5.74) is 0. The van der Waals surface area contributed by atoms with Crippen molar-refractivity contribution < 1.29 is 4.79 Å². The van der Waals surface area contributed by atoms with Crippen molar-refractivity contribution in [3.05, 3.63) is 22.4 Å². The number of aryl methyl sites for hydroxylation is 1. The highest BCUT2D eigenvalue weighted by molar-refractivity contribution is 7.09. The van der Waals surface area contributed by atoms with E-state index in [0.717, 1.165) is 32.5 Å². The Morgan fingerprint density at radius 2 is 2.53 bits per heavy atom. The fourth-order valence-corrected chi connectivity index (χ4v) is 3.07. The number of carbonyl (C=O) groups excluding carboxylic acids is 1. The van der Waals surface area contributed by atoms with E-state index in [4.69, 9.17) is 0 Å². The van der Waals surface area contributed by atoms with Crippen molar-refractivity contribution in [2.75, 3.05) is 26.7 Å². The molecule has 94 valence electrons. The van der Waals surface area contributed by atoms with Gasteiger partial charge in [-0.25, -0.2) is 0 Å². The largest absolute Gasteiger partial charge is 0.342 e. The van der Waals surface area contributed by atoms with Gasteiger partial charge in [-0.3, -0.25) is 4.79 Å². The van der Waals surface area contributed by atoms with E-state index < -0.39 is 0 Å². The molecule has 1 fully saturated rings. The number of hydrogen-bond acceptors (Lipinski definition) is 3. The maximum absolute atomic E-state index is 12.0. The fourth-order valence-electron chi connectivity index (χ4n) is 2.36. The molecule has 4 heteroatoms.